The van der Waals surface area contributed by atoms with Crippen molar-refractivity contribution >= 4 is 5.97 Å². The van der Waals surface area contributed by atoms with Crippen molar-refractivity contribution in [3.63, 3.8) is 0 Å². The highest BCUT2D eigenvalue weighted by Gasteiger charge is 2.36. The van der Waals surface area contributed by atoms with Crippen LogP contribution in [-0.2, 0) is 20.7 Å². The summed E-state index contributed by atoms with van der Waals surface area (Å²) in [4.78, 5) is 11.7. The number of halogens is 1. The molecule has 19 heavy (non-hydrogen) atoms. The maximum absolute atomic E-state index is 12.8. The zero-order valence-electron chi connectivity index (χ0n) is 10.5. The summed E-state index contributed by atoms with van der Waals surface area (Å²) in [5.74, 6) is 1.63. The van der Waals surface area contributed by atoms with Gasteiger partial charge in [-0.1, -0.05) is 18.1 Å². The Kier molecular flexibility index (Phi) is 4.53. The number of carbonyl (C=O) groups excluding carboxylic acids is 1. The van der Waals surface area contributed by atoms with Gasteiger partial charge in [0.25, 0.3) is 0 Å². The molecule has 0 bridgehead atoms. The molecule has 1 aliphatic rings. The predicted molar refractivity (Wildman–Crippen MR) is 67.7 cm³/mol. The molecule has 1 aromatic rings. The number of hydrogen-bond donors (Lipinski definition) is 0. The number of rotatable bonds is 5. The fourth-order valence-corrected chi connectivity index (χ4v) is 2.16. The number of hydrogen-bond acceptors (Lipinski definition) is 3. The highest BCUT2D eigenvalue weighted by Crippen LogP contribution is 2.26. The van der Waals surface area contributed by atoms with Gasteiger partial charge in [0.05, 0.1) is 19.1 Å². The van der Waals surface area contributed by atoms with Crippen molar-refractivity contribution in [2.24, 2.45) is 11.8 Å². The zero-order chi connectivity index (χ0) is 13.7. The highest BCUT2D eigenvalue weighted by atomic mass is 19.1. The monoisotopic (exact) mass is 262 g/mol. The fourth-order valence-electron chi connectivity index (χ4n) is 2.16. The van der Waals surface area contributed by atoms with Crippen LogP contribution in [0.4, 0.5) is 4.39 Å². The van der Waals surface area contributed by atoms with Crippen LogP contribution in [0.1, 0.15) is 5.56 Å². The Labute approximate surface area is 111 Å². The molecule has 0 N–H and O–H groups in total. The second-order valence-electron chi connectivity index (χ2n) is 4.55. The van der Waals surface area contributed by atoms with Gasteiger partial charge in [-0.2, -0.15) is 0 Å². The van der Waals surface area contributed by atoms with Gasteiger partial charge in [-0.3, -0.25) is 4.79 Å². The molecule has 4 heteroatoms. The lowest BCUT2D eigenvalue weighted by Crippen LogP contribution is -2.23. The molecule has 100 valence electrons. The highest BCUT2D eigenvalue weighted by molar-refractivity contribution is 5.75. The topological polar surface area (TPSA) is 35.5 Å². The Morgan fingerprint density at radius 2 is 2.16 bits per heavy atom. The quantitative estimate of drug-likeness (QED) is 0.461. The Morgan fingerprint density at radius 3 is 2.84 bits per heavy atom. The number of benzene rings is 1. The molecule has 0 aromatic heterocycles. The average molecular weight is 262 g/mol. The second kappa shape index (κ2) is 6.35. The summed E-state index contributed by atoms with van der Waals surface area (Å²) in [5.41, 5.74) is 0.909. The maximum atomic E-state index is 12.8. The summed E-state index contributed by atoms with van der Waals surface area (Å²) in [6.45, 7) is 0.991. The number of cyclic esters (lactones) is 1. The van der Waals surface area contributed by atoms with E-state index in [0.29, 0.717) is 19.6 Å². The first kappa shape index (κ1) is 13.6. The first-order valence-corrected chi connectivity index (χ1v) is 6.13. The molecule has 1 saturated heterocycles. The molecule has 3 nitrogen and oxygen atoms in total. The summed E-state index contributed by atoms with van der Waals surface area (Å²) in [6, 6.07) is 6.14. The van der Waals surface area contributed by atoms with Crippen LogP contribution in [0.3, 0.4) is 0 Å². The Balaban J connectivity index is 1.97. The average Bonchev–Trinajstić information content (AvgIpc) is 2.74. The summed E-state index contributed by atoms with van der Waals surface area (Å²) < 4.78 is 23.2. The van der Waals surface area contributed by atoms with E-state index in [0.717, 1.165) is 5.56 Å². The molecule has 2 atom stereocenters. The molecule has 1 aromatic carbocycles. The number of ether oxygens (including phenoxy) is 2. The van der Waals surface area contributed by atoms with Gasteiger partial charge < -0.3 is 9.47 Å². The largest absolute Gasteiger partial charge is 0.465 e. The second-order valence-corrected chi connectivity index (χ2v) is 4.55. The van der Waals surface area contributed by atoms with Crippen LogP contribution in [0.5, 0.6) is 0 Å². The zero-order valence-corrected chi connectivity index (χ0v) is 10.5. The van der Waals surface area contributed by atoms with E-state index in [4.69, 9.17) is 15.9 Å². The van der Waals surface area contributed by atoms with Gasteiger partial charge in [0.2, 0.25) is 0 Å². The summed E-state index contributed by atoms with van der Waals surface area (Å²) in [6.07, 6.45) is 5.64. The van der Waals surface area contributed by atoms with Crippen molar-refractivity contribution < 1.29 is 18.7 Å². The first-order valence-electron chi connectivity index (χ1n) is 6.13. The van der Waals surface area contributed by atoms with Crippen molar-refractivity contribution in [2.75, 3.05) is 19.8 Å². The van der Waals surface area contributed by atoms with Gasteiger partial charge in [0, 0.05) is 5.92 Å². The smallest absolute Gasteiger partial charge is 0.309 e. The maximum Gasteiger partial charge on any atom is 0.309 e. The number of esters is 1. The molecule has 0 radical (unpaired) electrons. The standard InChI is InChI=1S/C15H15FO3/c1-2-7-18-9-12-10-19-15(17)14(12)8-11-3-5-13(16)6-4-11/h1,3-6,12,14H,7-10H2. The molecule has 0 amide bonds. The van der Waals surface area contributed by atoms with Crippen LogP contribution in [0.25, 0.3) is 0 Å². The Hall–Kier alpha value is -1.86. The van der Waals surface area contributed by atoms with Gasteiger partial charge in [-0.25, -0.2) is 4.39 Å². The minimum Gasteiger partial charge on any atom is -0.465 e. The van der Waals surface area contributed by atoms with Crippen molar-refractivity contribution in [2.45, 2.75) is 6.42 Å². The van der Waals surface area contributed by atoms with Gasteiger partial charge in [0.15, 0.2) is 0 Å². The van der Waals surface area contributed by atoms with Crippen molar-refractivity contribution in [3.05, 3.63) is 35.6 Å². The van der Waals surface area contributed by atoms with E-state index < -0.39 is 0 Å². The molecule has 2 unspecified atom stereocenters. The van der Waals surface area contributed by atoms with Crippen LogP contribution in [-0.4, -0.2) is 25.8 Å². The van der Waals surface area contributed by atoms with Crippen LogP contribution in [0.15, 0.2) is 24.3 Å². The minimum atomic E-state index is -0.286. The molecule has 1 fully saturated rings. The van der Waals surface area contributed by atoms with E-state index in [9.17, 15) is 9.18 Å². The van der Waals surface area contributed by atoms with E-state index in [-0.39, 0.29) is 30.2 Å². The van der Waals surface area contributed by atoms with Crippen molar-refractivity contribution in [1.82, 2.24) is 0 Å². The van der Waals surface area contributed by atoms with Crippen LogP contribution < -0.4 is 0 Å². The SMILES string of the molecule is C#CCOCC1COC(=O)C1Cc1ccc(F)cc1. The molecule has 2 rings (SSSR count). The molecule has 0 aliphatic carbocycles. The Bertz CT molecular complexity index is 475. The molecular weight excluding hydrogens is 247 g/mol. The molecule has 0 spiro atoms. The summed E-state index contributed by atoms with van der Waals surface area (Å²) >= 11 is 0. The minimum absolute atomic E-state index is 0.00547. The van der Waals surface area contributed by atoms with E-state index in [1.165, 1.54) is 12.1 Å². The lowest BCUT2D eigenvalue weighted by atomic mass is 9.90. The van der Waals surface area contributed by atoms with Gasteiger partial charge in [-0.05, 0) is 24.1 Å². The van der Waals surface area contributed by atoms with Gasteiger partial charge in [-0.15, -0.1) is 6.42 Å². The van der Waals surface area contributed by atoms with E-state index >= 15 is 0 Å². The molecular formula is C15H15FO3. The van der Waals surface area contributed by atoms with Crippen LogP contribution >= 0.6 is 0 Å². The third-order valence-electron chi connectivity index (χ3n) is 3.20. The lowest BCUT2D eigenvalue weighted by Gasteiger charge is -2.14. The van der Waals surface area contributed by atoms with Gasteiger partial charge in [0.1, 0.15) is 12.4 Å². The number of carbonyl (C=O) groups is 1. The molecule has 0 saturated carbocycles. The van der Waals surface area contributed by atoms with Crippen LogP contribution in [0, 0.1) is 30.0 Å². The first-order chi connectivity index (χ1) is 9.20. The van der Waals surface area contributed by atoms with E-state index in [1.807, 2.05) is 0 Å². The lowest BCUT2D eigenvalue weighted by molar-refractivity contribution is -0.141. The van der Waals surface area contributed by atoms with Crippen LogP contribution in [0.2, 0.25) is 0 Å². The summed E-state index contributed by atoms with van der Waals surface area (Å²) in [5, 5.41) is 0. The molecule has 1 heterocycles. The summed E-state index contributed by atoms with van der Waals surface area (Å²) in [7, 11) is 0. The fraction of sp³-hybridized carbons (Fsp3) is 0.400. The van der Waals surface area contributed by atoms with E-state index in [1.54, 1.807) is 12.1 Å². The third-order valence-corrected chi connectivity index (χ3v) is 3.20. The third kappa shape index (κ3) is 3.55. The normalized spacial score (nSPS) is 22.0. The predicted octanol–water partition coefficient (Wildman–Crippen LogP) is 1.81. The van der Waals surface area contributed by atoms with Gasteiger partial charge >= 0.3 is 5.97 Å². The number of terminal acetylenes is 1. The van der Waals surface area contributed by atoms with Crippen molar-refractivity contribution in [1.29, 1.82) is 0 Å². The molecule has 1 aliphatic heterocycles. The Morgan fingerprint density at radius 1 is 1.42 bits per heavy atom. The van der Waals surface area contributed by atoms with E-state index in [2.05, 4.69) is 5.92 Å². The van der Waals surface area contributed by atoms with Crippen molar-refractivity contribution in [3.8, 4) is 12.3 Å².